The van der Waals surface area contributed by atoms with Gasteiger partial charge in [0.2, 0.25) is 0 Å². The van der Waals surface area contributed by atoms with Crippen LogP contribution in [0.3, 0.4) is 0 Å². The lowest BCUT2D eigenvalue weighted by Crippen LogP contribution is -2.27. The summed E-state index contributed by atoms with van der Waals surface area (Å²) in [5.41, 5.74) is 2.28. The number of imide groups is 1. The fraction of sp³-hybridized carbons (Fsp3) is 0.120. The minimum atomic E-state index is -0.350. The summed E-state index contributed by atoms with van der Waals surface area (Å²) in [6, 6.07) is 21.7. The highest BCUT2D eigenvalue weighted by molar-refractivity contribution is 8.19. The first kappa shape index (κ1) is 22.0. The molecule has 2 amide bonds. The Labute approximate surface area is 195 Å². The number of thioether (sulfide) groups is 1. The zero-order chi connectivity index (χ0) is 22.5. The van der Waals surface area contributed by atoms with E-state index in [-0.39, 0.29) is 11.1 Å². The summed E-state index contributed by atoms with van der Waals surface area (Å²) in [6.07, 6.45) is 1.70. The van der Waals surface area contributed by atoms with E-state index in [0.29, 0.717) is 40.3 Å². The lowest BCUT2D eigenvalue weighted by Gasteiger charge is -2.13. The Balaban J connectivity index is 1.47. The number of hydrogen-bond acceptors (Lipinski definition) is 5. The van der Waals surface area contributed by atoms with Crippen LogP contribution < -0.4 is 14.4 Å². The molecule has 0 spiro atoms. The van der Waals surface area contributed by atoms with Crippen molar-refractivity contribution in [2.45, 2.75) is 13.5 Å². The number of rotatable bonds is 7. The van der Waals surface area contributed by atoms with Crippen molar-refractivity contribution in [3.05, 3.63) is 93.9 Å². The Morgan fingerprint density at radius 2 is 1.69 bits per heavy atom. The van der Waals surface area contributed by atoms with Gasteiger partial charge in [-0.05, 0) is 84.4 Å². The van der Waals surface area contributed by atoms with E-state index in [1.165, 1.54) is 4.90 Å². The van der Waals surface area contributed by atoms with Crippen molar-refractivity contribution in [1.29, 1.82) is 0 Å². The quantitative estimate of drug-likeness (QED) is 0.370. The summed E-state index contributed by atoms with van der Waals surface area (Å²) < 4.78 is 11.3. The second kappa shape index (κ2) is 9.94. The van der Waals surface area contributed by atoms with E-state index in [9.17, 15) is 9.59 Å². The minimum Gasteiger partial charge on any atom is -0.494 e. The summed E-state index contributed by atoms with van der Waals surface area (Å²) >= 11 is 6.83. The van der Waals surface area contributed by atoms with Gasteiger partial charge >= 0.3 is 0 Å². The topological polar surface area (TPSA) is 55.8 Å². The number of halogens is 1. The normalized spacial score (nSPS) is 14.8. The number of carbonyl (C=O) groups is 2. The molecule has 162 valence electrons. The first-order chi connectivity index (χ1) is 15.5. The van der Waals surface area contributed by atoms with Gasteiger partial charge < -0.3 is 9.47 Å². The zero-order valence-electron chi connectivity index (χ0n) is 17.3. The van der Waals surface area contributed by atoms with Crippen molar-refractivity contribution < 1.29 is 19.1 Å². The number of carbonyl (C=O) groups excluding carboxylic acids is 2. The molecule has 3 aromatic carbocycles. The molecule has 0 bridgehead atoms. The van der Waals surface area contributed by atoms with Crippen LogP contribution in [0, 0.1) is 0 Å². The molecule has 0 atom stereocenters. The lowest BCUT2D eigenvalue weighted by atomic mass is 10.2. The third-order valence-corrected chi connectivity index (χ3v) is 5.80. The monoisotopic (exact) mass is 465 g/mol. The van der Waals surface area contributed by atoms with Gasteiger partial charge in [-0.3, -0.25) is 9.59 Å². The summed E-state index contributed by atoms with van der Waals surface area (Å²) in [7, 11) is 0. The smallest absolute Gasteiger partial charge is 0.298 e. The molecule has 3 aromatic rings. The van der Waals surface area contributed by atoms with Gasteiger partial charge in [-0.25, -0.2) is 4.90 Å². The van der Waals surface area contributed by atoms with Crippen molar-refractivity contribution in [1.82, 2.24) is 0 Å². The molecule has 32 heavy (non-hydrogen) atoms. The van der Waals surface area contributed by atoms with Gasteiger partial charge in [-0.2, -0.15) is 0 Å². The van der Waals surface area contributed by atoms with Crippen molar-refractivity contribution in [2.75, 3.05) is 11.5 Å². The molecule has 0 aromatic heterocycles. The maximum absolute atomic E-state index is 12.9. The van der Waals surface area contributed by atoms with Gasteiger partial charge in [-0.1, -0.05) is 35.9 Å². The minimum absolute atomic E-state index is 0.333. The number of amides is 2. The Bertz CT molecular complexity index is 1160. The van der Waals surface area contributed by atoms with Crippen LogP contribution in [0.5, 0.6) is 11.5 Å². The zero-order valence-corrected chi connectivity index (χ0v) is 18.9. The lowest BCUT2D eigenvalue weighted by molar-refractivity contribution is -0.113. The van der Waals surface area contributed by atoms with Crippen LogP contribution in [0.25, 0.3) is 6.08 Å². The molecule has 1 aliphatic heterocycles. The van der Waals surface area contributed by atoms with E-state index in [0.717, 1.165) is 22.9 Å². The maximum atomic E-state index is 12.9. The van der Waals surface area contributed by atoms with Gasteiger partial charge in [0.25, 0.3) is 11.1 Å². The standard InChI is InChI=1S/C25H20ClNO4S/c1-2-30-21-12-10-20(11-13-21)27-24(28)23(32-25(27)29)15-18-4-3-5-22(14-18)31-16-17-6-8-19(26)9-7-17/h3-15H,2,16H2,1H3/b23-15-. The molecule has 4 rings (SSSR count). The first-order valence-corrected chi connectivity index (χ1v) is 11.2. The predicted molar refractivity (Wildman–Crippen MR) is 128 cm³/mol. The fourth-order valence-electron chi connectivity index (χ4n) is 3.14. The number of benzene rings is 3. The van der Waals surface area contributed by atoms with E-state index in [4.69, 9.17) is 21.1 Å². The molecule has 0 unspecified atom stereocenters. The second-order valence-corrected chi connectivity index (χ2v) is 8.36. The van der Waals surface area contributed by atoms with E-state index >= 15 is 0 Å². The highest BCUT2D eigenvalue weighted by atomic mass is 35.5. The van der Waals surface area contributed by atoms with Crippen LogP contribution in [0.15, 0.2) is 77.7 Å². The summed E-state index contributed by atoms with van der Waals surface area (Å²) in [6.45, 7) is 2.84. The van der Waals surface area contributed by atoms with E-state index in [1.807, 2.05) is 55.5 Å². The molecular formula is C25H20ClNO4S. The SMILES string of the molecule is CCOc1ccc(N2C(=O)S/C(=C\c3cccc(OCc4ccc(Cl)cc4)c3)C2=O)cc1. The molecular weight excluding hydrogens is 446 g/mol. The molecule has 0 radical (unpaired) electrons. The van der Waals surface area contributed by atoms with Crippen LogP contribution in [0.4, 0.5) is 10.5 Å². The predicted octanol–water partition coefficient (Wildman–Crippen LogP) is 6.56. The Morgan fingerprint density at radius 1 is 0.938 bits per heavy atom. The Morgan fingerprint density at radius 3 is 2.41 bits per heavy atom. The number of anilines is 1. The third-order valence-electron chi connectivity index (χ3n) is 4.67. The van der Waals surface area contributed by atoms with Crippen molar-refractivity contribution in [3.63, 3.8) is 0 Å². The van der Waals surface area contributed by atoms with Gasteiger partial charge in [0.1, 0.15) is 18.1 Å². The molecule has 1 aliphatic rings. The molecule has 0 aliphatic carbocycles. The molecule has 0 saturated carbocycles. The van der Waals surface area contributed by atoms with Gasteiger partial charge in [0.15, 0.2) is 0 Å². The molecule has 5 nitrogen and oxygen atoms in total. The Hall–Kier alpha value is -3.22. The van der Waals surface area contributed by atoms with Crippen LogP contribution in [0.1, 0.15) is 18.1 Å². The van der Waals surface area contributed by atoms with Crippen LogP contribution >= 0.6 is 23.4 Å². The van der Waals surface area contributed by atoms with Crippen molar-refractivity contribution >= 4 is 46.3 Å². The highest BCUT2D eigenvalue weighted by Gasteiger charge is 2.36. The molecule has 1 fully saturated rings. The molecule has 0 N–H and O–H groups in total. The van der Waals surface area contributed by atoms with Crippen LogP contribution in [-0.2, 0) is 11.4 Å². The number of ether oxygens (including phenoxy) is 2. The second-order valence-electron chi connectivity index (χ2n) is 6.93. The Kier molecular flexibility index (Phi) is 6.83. The van der Waals surface area contributed by atoms with E-state index in [1.54, 1.807) is 30.3 Å². The summed E-state index contributed by atoms with van der Waals surface area (Å²) in [4.78, 5) is 26.9. The fourth-order valence-corrected chi connectivity index (χ4v) is 4.11. The largest absolute Gasteiger partial charge is 0.494 e. The van der Waals surface area contributed by atoms with Gasteiger partial charge in [0, 0.05) is 5.02 Å². The highest BCUT2D eigenvalue weighted by Crippen LogP contribution is 2.36. The molecule has 1 heterocycles. The van der Waals surface area contributed by atoms with Crippen LogP contribution in [0.2, 0.25) is 5.02 Å². The molecule has 7 heteroatoms. The van der Waals surface area contributed by atoms with Gasteiger partial charge in [0.05, 0.1) is 17.2 Å². The number of nitrogens with zero attached hydrogens (tertiary/aromatic N) is 1. The van der Waals surface area contributed by atoms with E-state index in [2.05, 4.69) is 0 Å². The maximum Gasteiger partial charge on any atom is 0.298 e. The van der Waals surface area contributed by atoms with Crippen molar-refractivity contribution in [2.24, 2.45) is 0 Å². The third kappa shape index (κ3) is 5.15. The summed E-state index contributed by atoms with van der Waals surface area (Å²) in [5.74, 6) is 1.00. The van der Waals surface area contributed by atoms with Crippen molar-refractivity contribution in [3.8, 4) is 11.5 Å². The van der Waals surface area contributed by atoms with Gasteiger partial charge in [-0.15, -0.1) is 0 Å². The summed E-state index contributed by atoms with van der Waals surface area (Å²) in [5, 5.41) is 0.343. The van der Waals surface area contributed by atoms with E-state index < -0.39 is 0 Å². The van der Waals surface area contributed by atoms with Crippen LogP contribution in [-0.4, -0.2) is 17.8 Å². The average molecular weight is 466 g/mol. The molecule has 1 saturated heterocycles. The average Bonchev–Trinajstić information content (AvgIpc) is 3.07. The number of hydrogen-bond donors (Lipinski definition) is 0. The first-order valence-electron chi connectivity index (χ1n) is 10.0.